The summed E-state index contributed by atoms with van der Waals surface area (Å²) in [6.45, 7) is 2.73. The molecule has 0 spiro atoms. The van der Waals surface area contributed by atoms with Crippen molar-refractivity contribution >= 4 is 25.6 Å². The van der Waals surface area contributed by atoms with Gasteiger partial charge in [0.15, 0.2) is 0 Å². The van der Waals surface area contributed by atoms with E-state index < -0.39 is 9.05 Å². The summed E-state index contributed by atoms with van der Waals surface area (Å²) < 4.78 is 22.2. The second kappa shape index (κ2) is 6.14. The van der Waals surface area contributed by atoms with Gasteiger partial charge in [0.05, 0.1) is 4.90 Å². The number of carbonyl (C=O) groups excluding carboxylic acids is 1. The molecule has 20 heavy (non-hydrogen) atoms. The zero-order chi connectivity index (χ0) is 14.8. The maximum absolute atomic E-state index is 11.6. The molecule has 2 atom stereocenters. The van der Waals surface area contributed by atoms with E-state index in [2.05, 4.69) is 12.2 Å². The molecule has 2 unspecified atom stereocenters. The molecule has 110 valence electrons. The summed E-state index contributed by atoms with van der Waals surface area (Å²) in [5.41, 5.74) is 1.03. The molecular formula is C14H18ClNO3S. The monoisotopic (exact) mass is 315 g/mol. The Balaban J connectivity index is 1.73. The molecule has 1 saturated carbocycles. The highest BCUT2D eigenvalue weighted by Crippen LogP contribution is 2.37. The van der Waals surface area contributed by atoms with E-state index in [1.165, 1.54) is 12.1 Å². The summed E-state index contributed by atoms with van der Waals surface area (Å²) in [5, 5.41) is 2.92. The fourth-order valence-corrected chi connectivity index (χ4v) is 2.91. The van der Waals surface area contributed by atoms with Gasteiger partial charge in [0, 0.05) is 23.1 Å². The highest BCUT2D eigenvalue weighted by atomic mass is 35.7. The first-order valence-corrected chi connectivity index (χ1v) is 9.00. The lowest BCUT2D eigenvalue weighted by Gasteiger charge is -2.05. The molecule has 6 heteroatoms. The number of rotatable bonds is 6. The number of amides is 1. The van der Waals surface area contributed by atoms with E-state index in [9.17, 15) is 13.2 Å². The Kier molecular flexibility index (Phi) is 4.70. The van der Waals surface area contributed by atoms with Crippen molar-refractivity contribution in [2.75, 3.05) is 6.54 Å². The van der Waals surface area contributed by atoms with Crippen molar-refractivity contribution in [3.63, 3.8) is 0 Å². The molecule has 4 nitrogen and oxygen atoms in total. The lowest BCUT2D eigenvalue weighted by molar-refractivity contribution is -0.122. The van der Waals surface area contributed by atoms with Crippen molar-refractivity contribution in [2.24, 2.45) is 11.8 Å². The Hall–Kier alpha value is -1.07. The second-order valence-electron chi connectivity index (χ2n) is 5.30. The van der Waals surface area contributed by atoms with Gasteiger partial charge in [-0.2, -0.15) is 0 Å². The van der Waals surface area contributed by atoms with Crippen LogP contribution in [-0.4, -0.2) is 20.9 Å². The fourth-order valence-electron chi connectivity index (χ4n) is 2.14. The standard InChI is InChI=1S/C14H18ClNO3S/c1-10-9-13(10)14(17)16-8-2-3-11-4-6-12(7-5-11)20(15,18)19/h4-7,10,13H,2-3,8-9H2,1H3,(H,16,17). The van der Waals surface area contributed by atoms with E-state index in [4.69, 9.17) is 10.7 Å². The largest absolute Gasteiger partial charge is 0.356 e. The summed E-state index contributed by atoms with van der Waals surface area (Å²) in [5.74, 6) is 0.893. The molecule has 1 amide bonds. The zero-order valence-corrected chi connectivity index (χ0v) is 12.9. The molecule has 1 aromatic carbocycles. The third-order valence-corrected chi connectivity index (χ3v) is 4.96. The molecule has 1 aliphatic rings. The van der Waals surface area contributed by atoms with Gasteiger partial charge in [0.1, 0.15) is 0 Å². The van der Waals surface area contributed by atoms with Gasteiger partial charge < -0.3 is 5.32 Å². The highest BCUT2D eigenvalue weighted by Gasteiger charge is 2.38. The van der Waals surface area contributed by atoms with Gasteiger partial charge in [-0.1, -0.05) is 19.1 Å². The zero-order valence-electron chi connectivity index (χ0n) is 11.3. The molecule has 2 rings (SSSR count). The first kappa shape index (κ1) is 15.3. The van der Waals surface area contributed by atoms with Gasteiger partial charge >= 0.3 is 0 Å². The van der Waals surface area contributed by atoms with Crippen LogP contribution in [0.15, 0.2) is 29.2 Å². The van der Waals surface area contributed by atoms with Crippen LogP contribution in [0.3, 0.4) is 0 Å². The van der Waals surface area contributed by atoms with E-state index in [0.717, 1.165) is 24.8 Å². The molecule has 1 aromatic rings. The number of carbonyl (C=O) groups is 1. The normalized spacial score (nSPS) is 21.5. The molecule has 0 aliphatic heterocycles. The number of hydrogen-bond acceptors (Lipinski definition) is 3. The second-order valence-corrected chi connectivity index (χ2v) is 7.86. The van der Waals surface area contributed by atoms with Crippen molar-refractivity contribution in [1.82, 2.24) is 5.32 Å². The van der Waals surface area contributed by atoms with E-state index in [-0.39, 0.29) is 16.7 Å². The van der Waals surface area contributed by atoms with Crippen LogP contribution >= 0.6 is 10.7 Å². The van der Waals surface area contributed by atoms with Crippen LogP contribution < -0.4 is 5.32 Å². The summed E-state index contributed by atoms with van der Waals surface area (Å²) in [4.78, 5) is 11.7. The van der Waals surface area contributed by atoms with E-state index in [0.29, 0.717) is 12.5 Å². The summed E-state index contributed by atoms with van der Waals surface area (Å²) in [7, 11) is 1.60. The molecule has 0 saturated heterocycles. The Labute approximate surface area is 123 Å². The number of halogens is 1. The third-order valence-electron chi connectivity index (χ3n) is 3.59. The third kappa shape index (κ3) is 4.21. The van der Waals surface area contributed by atoms with Gasteiger partial charge in [-0.25, -0.2) is 8.42 Å². The first-order valence-electron chi connectivity index (χ1n) is 6.69. The molecule has 0 aromatic heterocycles. The maximum atomic E-state index is 11.6. The van der Waals surface area contributed by atoms with Crippen LogP contribution in [-0.2, 0) is 20.3 Å². The van der Waals surface area contributed by atoms with Gasteiger partial charge in [0.2, 0.25) is 5.91 Å². The first-order chi connectivity index (χ1) is 9.38. The SMILES string of the molecule is CC1CC1C(=O)NCCCc1ccc(S(=O)(=O)Cl)cc1. The number of hydrogen-bond donors (Lipinski definition) is 1. The van der Waals surface area contributed by atoms with Gasteiger partial charge in [-0.05, 0) is 42.9 Å². The highest BCUT2D eigenvalue weighted by molar-refractivity contribution is 8.13. The van der Waals surface area contributed by atoms with Crippen LogP contribution in [0.4, 0.5) is 0 Å². The average Bonchev–Trinajstić information content (AvgIpc) is 3.11. The van der Waals surface area contributed by atoms with Crippen LogP contribution in [0.5, 0.6) is 0 Å². The molecule has 1 fully saturated rings. The summed E-state index contributed by atoms with van der Waals surface area (Å²) >= 11 is 0. The Morgan fingerprint density at radius 3 is 2.45 bits per heavy atom. The van der Waals surface area contributed by atoms with Crippen molar-refractivity contribution in [2.45, 2.75) is 31.1 Å². The van der Waals surface area contributed by atoms with Crippen molar-refractivity contribution < 1.29 is 13.2 Å². The minimum Gasteiger partial charge on any atom is -0.356 e. The number of nitrogens with one attached hydrogen (secondary N) is 1. The van der Waals surface area contributed by atoms with Crippen molar-refractivity contribution in [3.05, 3.63) is 29.8 Å². The number of benzene rings is 1. The minimum absolute atomic E-state index is 0.110. The smallest absolute Gasteiger partial charge is 0.261 e. The fraction of sp³-hybridized carbons (Fsp3) is 0.500. The lowest BCUT2D eigenvalue weighted by Crippen LogP contribution is -2.26. The average molecular weight is 316 g/mol. The predicted molar refractivity (Wildman–Crippen MR) is 78.1 cm³/mol. The Morgan fingerprint density at radius 1 is 1.35 bits per heavy atom. The molecular weight excluding hydrogens is 298 g/mol. The topological polar surface area (TPSA) is 63.2 Å². The number of aryl methyl sites for hydroxylation is 1. The minimum atomic E-state index is -3.65. The van der Waals surface area contributed by atoms with E-state index in [1.807, 2.05) is 0 Å². The molecule has 0 heterocycles. The molecule has 1 N–H and O–H groups in total. The van der Waals surface area contributed by atoms with Crippen LogP contribution in [0.2, 0.25) is 0 Å². The van der Waals surface area contributed by atoms with Gasteiger partial charge in [0.25, 0.3) is 9.05 Å². The van der Waals surface area contributed by atoms with Crippen molar-refractivity contribution in [3.8, 4) is 0 Å². The quantitative estimate of drug-likeness (QED) is 0.647. The van der Waals surface area contributed by atoms with Crippen LogP contribution in [0.1, 0.15) is 25.3 Å². The van der Waals surface area contributed by atoms with Gasteiger partial charge in [-0.15, -0.1) is 0 Å². The lowest BCUT2D eigenvalue weighted by atomic mass is 10.1. The molecule has 0 bridgehead atoms. The molecule has 1 aliphatic carbocycles. The maximum Gasteiger partial charge on any atom is 0.261 e. The van der Waals surface area contributed by atoms with Gasteiger partial charge in [-0.3, -0.25) is 4.79 Å². The van der Waals surface area contributed by atoms with Crippen molar-refractivity contribution in [1.29, 1.82) is 0 Å². The summed E-state index contributed by atoms with van der Waals surface area (Å²) in [6.07, 6.45) is 2.63. The van der Waals surface area contributed by atoms with Crippen LogP contribution in [0, 0.1) is 11.8 Å². The van der Waals surface area contributed by atoms with E-state index in [1.54, 1.807) is 12.1 Å². The predicted octanol–water partition coefficient (Wildman–Crippen LogP) is 2.32. The van der Waals surface area contributed by atoms with Crippen LogP contribution in [0.25, 0.3) is 0 Å². The molecule has 0 radical (unpaired) electrons. The summed E-state index contributed by atoms with van der Waals surface area (Å²) in [6, 6.07) is 6.50. The Morgan fingerprint density at radius 2 is 1.95 bits per heavy atom. The van der Waals surface area contributed by atoms with E-state index >= 15 is 0 Å². The Bertz CT molecular complexity index is 583.